The Hall–Kier alpha value is -1.77. The lowest BCUT2D eigenvalue weighted by atomic mass is 10.1. The minimum absolute atomic E-state index is 0.134. The van der Waals surface area contributed by atoms with E-state index in [1.165, 1.54) is 11.3 Å². The number of amides is 1. The maximum Gasteiger partial charge on any atom is 0.253 e. The molecule has 1 fully saturated rings. The summed E-state index contributed by atoms with van der Waals surface area (Å²) in [6, 6.07) is 8.52. The smallest absolute Gasteiger partial charge is 0.253 e. The highest BCUT2D eigenvalue weighted by atomic mass is 32.2. The van der Waals surface area contributed by atoms with Gasteiger partial charge in [0.2, 0.25) is 10.0 Å². The molecule has 6 nitrogen and oxygen atoms in total. The monoisotopic (exact) mass is 365 g/mol. The van der Waals surface area contributed by atoms with Crippen LogP contribution in [-0.2, 0) is 10.0 Å². The predicted octanol–water partition coefficient (Wildman–Crippen LogP) is 1.96. The van der Waals surface area contributed by atoms with E-state index in [1.807, 2.05) is 13.0 Å². The van der Waals surface area contributed by atoms with E-state index in [1.54, 1.807) is 42.3 Å². The zero-order valence-corrected chi connectivity index (χ0v) is 15.1. The molecule has 0 bridgehead atoms. The zero-order chi connectivity index (χ0) is 17.3. The topological polar surface area (TPSA) is 79.4 Å². The van der Waals surface area contributed by atoms with E-state index in [9.17, 15) is 13.2 Å². The van der Waals surface area contributed by atoms with Crippen molar-refractivity contribution in [2.45, 2.75) is 25.1 Å². The fourth-order valence-corrected chi connectivity index (χ4v) is 4.93. The van der Waals surface area contributed by atoms with Crippen molar-refractivity contribution in [3.05, 3.63) is 52.0 Å². The number of rotatable bonds is 5. The largest absolute Gasteiger partial charge is 0.336 e. The highest BCUT2D eigenvalue weighted by Crippen LogP contribution is 2.23. The van der Waals surface area contributed by atoms with Crippen LogP contribution in [0.3, 0.4) is 0 Å². The van der Waals surface area contributed by atoms with Gasteiger partial charge in [-0.2, -0.15) is 0 Å². The summed E-state index contributed by atoms with van der Waals surface area (Å²) >= 11 is 1.47. The summed E-state index contributed by atoms with van der Waals surface area (Å²) in [7, 11) is -3.49. The van der Waals surface area contributed by atoms with Crippen LogP contribution in [0.4, 0.5) is 0 Å². The van der Waals surface area contributed by atoms with Crippen molar-refractivity contribution in [2.24, 2.45) is 0 Å². The van der Waals surface area contributed by atoms with Crippen LogP contribution in [0.2, 0.25) is 0 Å². The summed E-state index contributed by atoms with van der Waals surface area (Å²) < 4.78 is 27.5. The van der Waals surface area contributed by atoms with Gasteiger partial charge in [0.25, 0.3) is 5.91 Å². The first kappa shape index (κ1) is 17.1. The average molecular weight is 365 g/mol. The molecule has 1 N–H and O–H groups in total. The molecule has 24 heavy (non-hydrogen) atoms. The fraction of sp³-hybridized carbons (Fsp3) is 0.375. The lowest BCUT2D eigenvalue weighted by Gasteiger charge is -2.39. The number of carbonyl (C=O) groups excluding carboxylic acids is 1. The molecule has 3 rings (SSSR count). The normalized spacial score (nSPS) is 16.7. The third-order valence-corrected chi connectivity index (χ3v) is 6.90. The number of nitrogens with one attached hydrogen (secondary N) is 1. The first-order valence-corrected chi connectivity index (χ1v) is 10.0. The van der Waals surface area contributed by atoms with Crippen LogP contribution in [-0.4, -0.2) is 42.5 Å². The lowest BCUT2D eigenvalue weighted by Crippen LogP contribution is -2.59. The number of aromatic nitrogens is 1. The minimum Gasteiger partial charge on any atom is -0.336 e. The van der Waals surface area contributed by atoms with Gasteiger partial charge >= 0.3 is 0 Å². The average Bonchev–Trinajstić information content (AvgIpc) is 2.92. The van der Waals surface area contributed by atoms with Gasteiger partial charge in [-0.05, 0) is 26.0 Å². The van der Waals surface area contributed by atoms with Crippen molar-refractivity contribution in [3.8, 4) is 0 Å². The number of thiazole rings is 1. The second-order valence-corrected chi connectivity index (χ2v) is 9.15. The molecule has 1 saturated heterocycles. The number of hydrogen-bond acceptors (Lipinski definition) is 5. The van der Waals surface area contributed by atoms with Gasteiger partial charge in [-0.1, -0.05) is 18.2 Å². The molecule has 1 aliphatic rings. The van der Waals surface area contributed by atoms with E-state index < -0.39 is 15.3 Å². The van der Waals surface area contributed by atoms with E-state index in [4.69, 9.17) is 0 Å². The first-order chi connectivity index (χ1) is 11.4. The van der Waals surface area contributed by atoms with E-state index in [-0.39, 0.29) is 25.0 Å². The quantitative estimate of drug-likeness (QED) is 0.878. The Morgan fingerprint density at radius 1 is 1.33 bits per heavy atom. The number of nitrogens with zero attached hydrogens (tertiary/aromatic N) is 2. The van der Waals surface area contributed by atoms with Gasteiger partial charge in [0.15, 0.2) is 0 Å². The Bertz CT molecular complexity index is 827. The van der Waals surface area contributed by atoms with Gasteiger partial charge in [-0.15, -0.1) is 11.3 Å². The number of carbonyl (C=O) groups is 1. The standard InChI is InChI=1S/C16H19N3O3S2/c1-11-8-17-15(23-11)12(2)18-24(21,22)14-9-19(10-14)16(20)13-6-4-3-5-7-13/h3-8,12,14,18H,9-10H2,1-2H3. The van der Waals surface area contributed by atoms with Crippen LogP contribution in [0, 0.1) is 6.92 Å². The van der Waals surface area contributed by atoms with Gasteiger partial charge in [0.1, 0.15) is 10.3 Å². The Kier molecular flexibility index (Phi) is 4.71. The van der Waals surface area contributed by atoms with E-state index in [0.29, 0.717) is 5.56 Å². The molecule has 0 saturated carbocycles. The van der Waals surface area contributed by atoms with Crippen molar-refractivity contribution in [1.82, 2.24) is 14.6 Å². The van der Waals surface area contributed by atoms with Crippen LogP contribution in [0.15, 0.2) is 36.5 Å². The number of hydrogen-bond donors (Lipinski definition) is 1. The predicted molar refractivity (Wildman–Crippen MR) is 93.5 cm³/mol. The molecule has 1 aromatic carbocycles. The molecule has 1 unspecified atom stereocenters. The zero-order valence-electron chi connectivity index (χ0n) is 13.5. The number of aryl methyl sites for hydroxylation is 1. The Morgan fingerprint density at radius 3 is 2.58 bits per heavy atom. The summed E-state index contributed by atoms with van der Waals surface area (Å²) in [5.74, 6) is -0.134. The molecular weight excluding hydrogens is 346 g/mol. The third kappa shape index (κ3) is 3.50. The molecule has 1 aromatic heterocycles. The Balaban J connectivity index is 1.59. The molecule has 0 spiro atoms. The highest BCUT2D eigenvalue weighted by Gasteiger charge is 2.40. The maximum atomic E-state index is 12.4. The van der Waals surface area contributed by atoms with Crippen LogP contribution in [0.5, 0.6) is 0 Å². The van der Waals surface area contributed by atoms with Gasteiger partial charge in [-0.3, -0.25) is 4.79 Å². The lowest BCUT2D eigenvalue weighted by molar-refractivity contribution is 0.0658. The SMILES string of the molecule is Cc1cnc(C(C)NS(=O)(=O)C2CN(C(=O)c3ccccc3)C2)s1. The second kappa shape index (κ2) is 6.62. The van der Waals surface area contributed by atoms with E-state index in [0.717, 1.165) is 9.88 Å². The molecule has 128 valence electrons. The van der Waals surface area contributed by atoms with Crippen molar-refractivity contribution in [2.75, 3.05) is 13.1 Å². The fourth-order valence-electron chi connectivity index (χ4n) is 2.53. The van der Waals surface area contributed by atoms with Gasteiger partial charge < -0.3 is 4.90 Å². The Labute approximate surface area is 145 Å². The van der Waals surface area contributed by atoms with Gasteiger partial charge in [0.05, 0.1) is 6.04 Å². The van der Waals surface area contributed by atoms with Crippen LogP contribution in [0.1, 0.15) is 33.2 Å². The third-order valence-electron chi connectivity index (χ3n) is 3.95. The summed E-state index contributed by atoms with van der Waals surface area (Å²) in [4.78, 5) is 19.1. The minimum atomic E-state index is -3.49. The van der Waals surface area contributed by atoms with E-state index >= 15 is 0 Å². The summed E-state index contributed by atoms with van der Waals surface area (Å²) in [5, 5.41) is 0.168. The van der Waals surface area contributed by atoms with Crippen molar-refractivity contribution in [1.29, 1.82) is 0 Å². The number of sulfonamides is 1. The van der Waals surface area contributed by atoms with Crippen molar-refractivity contribution in [3.63, 3.8) is 0 Å². The number of benzene rings is 1. The molecule has 0 radical (unpaired) electrons. The molecule has 8 heteroatoms. The van der Waals surface area contributed by atoms with Crippen LogP contribution in [0.25, 0.3) is 0 Å². The maximum absolute atomic E-state index is 12.4. The van der Waals surface area contributed by atoms with Gasteiger partial charge in [-0.25, -0.2) is 18.1 Å². The second-order valence-electron chi connectivity index (χ2n) is 5.89. The summed E-state index contributed by atoms with van der Waals surface area (Å²) in [6.45, 7) is 4.14. The molecule has 1 amide bonds. The molecular formula is C16H19N3O3S2. The van der Waals surface area contributed by atoms with Crippen molar-refractivity contribution < 1.29 is 13.2 Å². The van der Waals surface area contributed by atoms with Crippen molar-refractivity contribution >= 4 is 27.3 Å². The first-order valence-electron chi connectivity index (χ1n) is 7.64. The molecule has 2 aromatic rings. The molecule has 0 aliphatic carbocycles. The van der Waals surface area contributed by atoms with E-state index in [2.05, 4.69) is 9.71 Å². The summed E-state index contributed by atoms with van der Waals surface area (Å²) in [5.41, 5.74) is 0.577. The number of likely N-dealkylation sites (tertiary alicyclic amines) is 1. The van der Waals surface area contributed by atoms with Crippen LogP contribution >= 0.6 is 11.3 Å². The van der Waals surface area contributed by atoms with Crippen LogP contribution < -0.4 is 4.72 Å². The molecule has 2 heterocycles. The van der Waals surface area contributed by atoms with Gasteiger partial charge in [0, 0.05) is 29.7 Å². The Morgan fingerprint density at radius 2 is 2.00 bits per heavy atom. The summed E-state index contributed by atoms with van der Waals surface area (Å²) in [6.07, 6.45) is 1.73. The highest BCUT2D eigenvalue weighted by molar-refractivity contribution is 7.90. The molecule has 1 atom stereocenters. The molecule has 1 aliphatic heterocycles.